The summed E-state index contributed by atoms with van der Waals surface area (Å²) in [5.41, 5.74) is 0.555. The molecule has 0 spiro atoms. The van der Waals surface area contributed by atoms with Crippen LogP contribution in [-0.2, 0) is 24.3 Å². The Morgan fingerprint density at radius 2 is 1.76 bits per heavy atom. The zero-order valence-corrected chi connectivity index (χ0v) is 16.8. The zero-order valence-electron chi connectivity index (χ0n) is 16.0. The number of carbonyl (C=O) groups excluding carboxylic acids is 2. The number of para-hydroxylation sites is 1. The molecule has 1 fully saturated rings. The Balaban J connectivity index is 1.69. The maximum atomic E-state index is 12.9. The van der Waals surface area contributed by atoms with Gasteiger partial charge < -0.3 is 14.4 Å². The van der Waals surface area contributed by atoms with Crippen molar-refractivity contribution in [3.63, 3.8) is 0 Å². The minimum atomic E-state index is -3.86. The zero-order chi connectivity index (χ0) is 20.9. The molecule has 0 aromatic heterocycles. The summed E-state index contributed by atoms with van der Waals surface area (Å²) >= 11 is 0. The molecule has 9 heteroatoms. The molecule has 0 unspecified atom stereocenters. The molecule has 0 saturated carbocycles. The fraction of sp³-hybridized carbons (Fsp3) is 0.300. The number of amides is 1. The number of sulfonamides is 1. The van der Waals surface area contributed by atoms with Crippen molar-refractivity contribution in [2.24, 2.45) is 0 Å². The second-order valence-corrected chi connectivity index (χ2v) is 8.37. The lowest BCUT2D eigenvalue weighted by Crippen LogP contribution is -2.42. The quantitative estimate of drug-likeness (QED) is 0.661. The van der Waals surface area contributed by atoms with Crippen LogP contribution in [0, 0.1) is 0 Å². The number of hydrogen-bond acceptors (Lipinski definition) is 6. The summed E-state index contributed by atoms with van der Waals surface area (Å²) in [7, 11) is -2.42. The van der Waals surface area contributed by atoms with E-state index in [0.717, 1.165) is 4.31 Å². The van der Waals surface area contributed by atoms with Gasteiger partial charge in [-0.1, -0.05) is 24.3 Å². The standard InChI is InChI=1S/C20H22N2O6S/c1-21(17-7-3-2-4-8-17)29(25,26)18-9-5-6-16(14-18)20(24)28-15-19(23)22-10-12-27-13-11-22/h2-9,14H,10-13,15H2,1H3. The normalized spacial score (nSPS) is 14.3. The molecule has 3 rings (SSSR count). The average molecular weight is 418 g/mol. The summed E-state index contributed by atoms with van der Waals surface area (Å²) in [6, 6.07) is 14.2. The van der Waals surface area contributed by atoms with Crippen LogP contribution in [0.4, 0.5) is 5.69 Å². The van der Waals surface area contributed by atoms with Crippen molar-refractivity contribution in [1.29, 1.82) is 0 Å². The molecule has 154 valence electrons. The predicted molar refractivity (Wildman–Crippen MR) is 106 cm³/mol. The first-order valence-electron chi connectivity index (χ1n) is 9.06. The van der Waals surface area contributed by atoms with Crippen LogP contribution in [0.3, 0.4) is 0 Å². The van der Waals surface area contributed by atoms with Gasteiger partial charge in [0.1, 0.15) is 0 Å². The molecular formula is C20H22N2O6S. The molecular weight excluding hydrogens is 396 g/mol. The highest BCUT2D eigenvalue weighted by molar-refractivity contribution is 7.92. The molecule has 1 amide bonds. The van der Waals surface area contributed by atoms with Crippen LogP contribution >= 0.6 is 0 Å². The third-order valence-electron chi connectivity index (χ3n) is 4.54. The maximum absolute atomic E-state index is 12.9. The lowest BCUT2D eigenvalue weighted by atomic mass is 10.2. The van der Waals surface area contributed by atoms with Crippen LogP contribution in [0.15, 0.2) is 59.5 Å². The molecule has 8 nitrogen and oxygen atoms in total. The third kappa shape index (κ3) is 4.93. The van der Waals surface area contributed by atoms with Crippen molar-refractivity contribution in [2.45, 2.75) is 4.90 Å². The Bertz CT molecular complexity index is 971. The van der Waals surface area contributed by atoms with Crippen molar-refractivity contribution in [1.82, 2.24) is 4.90 Å². The number of benzene rings is 2. The molecule has 2 aromatic rings. The van der Waals surface area contributed by atoms with Gasteiger partial charge in [-0.2, -0.15) is 0 Å². The highest BCUT2D eigenvalue weighted by Crippen LogP contribution is 2.22. The molecule has 1 aliphatic heterocycles. The number of anilines is 1. The van der Waals surface area contributed by atoms with Gasteiger partial charge in [0.05, 0.1) is 29.4 Å². The van der Waals surface area contributed by atoms with E-state index >= 15 is 0 Å². The van der Waals surface area contributed by atoms with E-state index in [2.05, 4.69) is 0 Å². The molecule has 0 N–H and O–H groups in total. The molecule has 1 heterocycles. The van der Waals surface area contributed by atoms with Gasteiger partial charge in [-0.15, -0.1) is 0 Å². The summed E-state index contributed by atoms with van der Waals surface area (Å²) in [6.45, 7) is 1.41. The van der Waals surface area contributed by atoms with Gasteiger partial charge in [0, 0.05) is 20.1 Å². The van der Waals surface area contributed by atoms with Crippen LogP contribution in [0.2, 0.25) is 0 Å². The first-order valence-corrected chi connectivity index (χ1v) is 10.5. The summed E-state index contributed by atoms with van der Waals surface area (Å²) in [6.07, 6.45) is 0. The van der Waals surface area contributed by atoms with E-state index in [0.29, 0.717) is 32.0 Å². The van der Waals surface area contributed by atoms with Crippen LogP contribution in [-0.4, -0.2) is 65.2 Å². The first kappa shape index (κ1) is 20.8. The molecule has 1 aliphatic rings. The van der Waals surface area contributed by atoms with Gasteiger partial charge in [-0.25, -0.2) is 13.2 Å². The topological polar surface area (TPSA) is 93.2 Å². The van der Waals surface area contributed by atoms with E-state index in [-0.39, 0.29) is 16.4 Å². The molecule has 0 atom stereocenters. The van der Waals surface area contributed by atoms with E-state index in [4.69, 9.17) is 9.47 Å². The molecule has 2 aromatic carbocycles. The fourth-order valence-corrected chi connectivity index (χ4v) is 4.07. The van der Waals surface area contributed by atoms with Crippen LogP contribution < -0.4 is 4.31 Å². The van der Waals surface area contributed by atoms with Crippen molar-refractivity contribution in [3.05, 3.63) is 60.2 Å². The van der Waals surface area contributed by atoms with Gasteiger partial charge in [0.2, 0.25) is 0 Å². The van der Waals surface area contributed by atoms with Crippen LogP contribution in [0.25, 0.3) is 0 Å². The number of carbonyl (C=O) groups is 2. The number of ether oxygens (including phenoxy) is 2. The molecule has 0 bridgehead atoms. The predicted octanol–water partition coefficient (Wildman–Crippen LogP) is 1.53. The van der Waals surface area contributed by atoms with E-state index in [1.807, 2.05) is 0 Å². The maximum Gasteiger partial charge on any atom is 0.338 e. The SMILES string of the molecule is CN(c1ccccc1)S(=O)(=O)c1cccc(C(=O)OCC(=O)N2CCOCC2)c1. The van der Waals surface area contributed by atoms with E-state index in [1.54, 1.807) is 35.2 Å². The lowest BCUT2D eigenvalue weighted by molar-refractivity contribution is -0.138. The molecule has 0 radical (unpaired) electrons. The smallest absolute Gasteiger partial charge is 0.338 e. The first-order chi connectivity index (χ1) is 13.9. The van der Waals surface area contributed by atoms with Crippen molar-refractivity contribution < 1.29 is 27.5 Å². The van der Waals surface area contributed by atoms with Gasteiger partial charge in [-0.05, 0) is 30.3 Å². The van der Waals surface area contributed by atoms with Gasteiger partial charge in [0.15, 0.2) is 6.61 Å². The highest BCUT2D eigenvalue weighted by atomic mass is 32.2. The minimum Gasteiger partial charge on any atom is -0.452 e. The number of nitrogens with zero attached hydrogens (tertiary/aromatic N) is 2. The number of rotatable bonds is 6. The van der Waals surface area contributed by atoms with E-state index in [1.165, 1.54) is 31.3 Å². The highest BCUT2D eigenvalue weighted by Gasteiger charge is 2.23. The lowest BCUT2D eigenvalue weighted by Gasteiger charge is -2.26. The Morgan fingerprint density at radius 1 is 1.07 bits per heavy atom. The van der Waals surface area contributed by atoms with E-state index < -0.39 is 22.6 Å². The minimum absolute atomic E-state index is 0.0437. The number of hydrogen-bond donors (Lipinski definition) is 0. The Morgan fingerprint density at radius 3 is 2.45 bits per heavy atom. The average Bonchev–Trinajstić information content (AvgIpc) is 2.78. The van der Waals surface area contributed by atoms with Crippen molar-refractivity contribution >= 4 is 27.6 Å². The Hall–Kier alpha value is -2.91. The Kier molecular flexibility index (Phi) is 6.50. The van der Waals surface area contributed by atoms with Gasteiger partial charge in [-0.3, -0.25) is 9.10 Å². The van der Waals surface area contributed by atoms with Gasteiger partial charge in [0.25, 0.3) is 15.9 Å². The summed E-state index contributed by atoms with van der Waals surface area (Å²) < 4.78 is 37.2. The Labute approximate surface area is 169 Å². The third-order valence-corrected chi connectivity index (χ3v) is 6.32. The van der Waals surface area contributed by atoms with Gasteiger partial charge >= 0.3 is 5.97 Å². The molecule has 29 heavy (non-hydrogen) atoms. The summed E-state index contributed by atoms with van der Waals surface area (Å²) in [5.74, 6) is -1.07. The molecule has 0 aliphatic carbocycles. The molecule has 1 saturated heterocycles. The second kappa shape index (κ2) is 9.06. The van der Waals surface area contributed by atoms with E-state index in [9.17, 15) is 18.0 Å². The van der Waals surface area contributed by atoms with Crippen LogP contribution in [0.5, 0.6) is 0 Å². The number of morpholine rings is 1. The second-order valence-electron chi connectivity index (χ2n) is 6.41. The van der Waals surface area contributed by atoms with Crippen LogP contribution in [0.1, 0.15) is 10.4 Å². The van der Waals surface area contributed by atoms with Crippen molar-refractivity contribution in [2.75, 3.05) is 44.3 Å². The fourth-order valence-electron chi connectivity index (χ4n) is 2.83. The summed E-state index contributed by atoms with van der Waals surface area (Å²) in [5, 5.41) is 0. The van der Waals surface area contributed by atoms with Crippen molar-refractivity contribution in [3.8, 4) is 0 Å². The largest absolute Gasteiger partial charge is 0.452 e. The monoisotopic (exact) mass is 418 g/mol. The summed E-state index contributed by atoms with van der Waals surface area (Å²) in [4.78, 5) is 25.9. The number of esters is 1.